The monoisotopic (exact) mass is 346 g/mol. The van der Waals surface area contributed by atoms with Crippen LogP contribution in [0.15, 0.2) is 36.5 Å². The minimum absolute atomic E-state index is 0.117. The van der Waals surface area contributed by atoms with Gasteiger partial charge in [-0.1, -0.05) is 11.6 Å². The number of anilines is 1. The molecular formula is C18H19ClN2O3. The summed E-state index contributed by atoms with van der Waals surface area (Å²) in [7, 11) is 0. The first-order valence-corrected chi connectivity index (χ1v) is 8.36. The molecule has 2 heterocycles. The molecule has 5 nitrogen and oxygen atoms in total. The number of halogens is 1. The van der Waals surface area contributed by atoms with Gasteiger partial charge in [0, 0.05) is 36.4 Å². The van der Waals surface area contributed by atoms with Crippen molar-refractivity contribution >= 4 is 29.0 Å². The number of amides is 1. The van der Waals surface area contributed by atoms with Crippen LogP contribution in [-0.4, -0.2) is 29.9 Å². The van der Waals surface area contributed by atoms with Crippen molar-refractivity contribution in [2.24, 2.45) is 5.92 Å². The molecule has 2 N–H and O–H groups in total. The fraction of sp³-hybridized carbons (Fsp3) is 0.333. The largest absolute Gasteiger partial charge is 0.381 e. The van der Waals surface area contributed by atoms with E-state index in [-0.39, 0.29) is 17.6 Å². The van der Waals surface area contributed by atoms with Crippen molar-refractivity contribution in [1.82, 2.24) is 4.98 Å². The average molecular weight is 347 g/mol. The van der Waals surface area contributed by atoms with E-state index in [0.717, 1.165) is 19.4 Å². The molecular weight excluding hydrogens is 328 g/mol. The standard InChI is InChI=1S/C18H19ClN2O3/c19-13-5-6-15(14(10-13)18(23)16-4-1-7-20-16)21-17(22)9-12-3-2-8-24-11-12/h1,4-7,10,12,20H,2-3,8-9,11H2,(H,21,22)/t12-/m0/s1. The number of aromatic amines is 1. The molecule has 2 aromatic rings. The van der Waals surface area contributed by atoms with Gasteiger partial charge in [0.05, 0.1) is 11.4 Å². The first kappa shape index (κ1) is 16.7. The molecule has 0 radical (unpaired) electrons. The predicted octanol–water partition coefficient (Wildman–Crippen LogP) is 3.65. The van der Waals surface area contributed by atoms with E-state index in [0.29, 0.717) is 35.0 Å². The summed E-state index contributed by atoms with van der Waals surface area (Å²) in [6.45, 7) is 1.38. The zero-order chi connectivity index (χ0) is 16.9. The lowest BCUT2D eigenvalue weighted by Gasteiger charge is -2.21. The van der Waals surface area contributed by atoms with E-state index in [1.54, 1.807) is 36.5 Å². The zero-order valence-electron chi connectivity index (χ0n) is 13.2. The van der Waals surface area contributed by atoms with Gasteiger partial charge in [-0.2, -0.15) is 0 Å². The Morgan fingerprint density at radius 3 is 2.92 bits per heavy atom. The van der Waals surface area contributed by atoms with Crippen molar-refractivity contribution in [2.45, 2.75) is 19.3 Å². The van der Waals surface area contributed by atoms with E-state index in [4.69, 9.17) is 16.3 Å². The second-order valence-electron chi connectivity index (χ2n) is 5.94. The van der Waals surface area contributed by atoms with Crippen molar-refractivity contribution in [3.05, 3.63) is 52.8 Å². The van der Waals surface area contributed by atoms with Crippen LogP contribution in [0.4, 0.5) is 5.69 Å². The fourth-order valence-corrected chi connectivity index (χ4v) is 3.03. The van der Waals surface area contributed by atoms with Crippen LogP contribution in [0.2, 0.25) is 5.02 Å². The molecule has 1 fully saturated rings. The first-order valence-electron chi connectivity index (χ1n) is 7.98. The average Bonchev–Trinajstić information content (AvgIpc) is 3.11. The number of ketones is 1. The zero-order valence-corrected chi connectivity index (χ0v) is 13.9. The Kier molecular flexibility index (Phi) is 5.33. The Labute approximate surface area is 145 Å². The van der Waals surface area contributed by atoms with E-state index in [1.165, 1.54) is 0 Å². The highest BCUT2D eigenvalue weighted by molar-refractivity contribution is 6.31. The number of hydrogen-bond donors (Lipinski definition) is 2. The summed E-state index contributed by atoms with van der Waals surface area (Å²) < 4.78 is 5.40. The maximum atomic E-state index is 12.6. The topological polar surface area (TPSA) is 71.2 Å². The molecule has 1 amide bonds. The van der Waals surface area contributed by atoms with Crippen LogP contribution < -0.4 is 5.32 Å². The Hall–Kier alpha value is -2.11. The van der Waals surface area contributed by atoms with E-state index in [9.17, 15) is 9.59 Å². The molecule has 1 aromatic heterocycles. The van der Waals surface area contributed by atoms with Gasteiger partial charge >= 0.3 is 0 Å². The maximum Gasteiger partial charge on any atom is 0.224 e. The summed E-state index contributed by atoms with van der Waals surface area (Å²) >= 11 is 6.02. The summed E-state index contributed by atoms with van der Waals surface area (Å²) in [6, 6.07) is 8.33. The summed E-state index contributed by atoms with van der Waals surface area (Å²) in [5, 5.41) is 3.29. The molecule has 1 aliphatic heterocycles. The van der Waals surface area contributed by atoms with Crippen LogP contribution in [0.3, 0.4) is 0 Å². The van der Waals surface area contributed by atoms with Crippen molar-refractivity contribution in [3.8, 4) is 0 Å². The quantitative estimate of drug-likeness (QED) is 0.812. The van der Waals surface area contributed by atoms with Gasteiger partial charge in [0.15, 0.2) is 0 Å². The molecule has 1 aromatic carbocycles. The Morgan fingerprint density at radius 2 is 2.21 bits per heavy atom. The number of hydrogen-bond acceptors (Lipinski definition) is 3. The molecule has 0 spiro atoms. The van der Waals surface area contributed by atoms with Crippen molar-refractivity contribution < 1.29 is 14.3 Å². The van der Waals surface area contributed by atoms with Crippen molar-refractivity contribution in [3.63, 3.8) is 0 Å². The number of benzene rings is 1. The number of rotatable bonds is 5. The van der Waals surface area contributed by atoms with E-state index < -0.39 is 0 Å². The number of aromatic nitrogens is 1. The Morgan fingerprint density at radius 1 is 1.33 bits per heavy atom. The van der Waals surface area contributed by atoms with Crippen LogP contribution in [0.1, 0.15) is 35.3 Å². The second kappa shape index (κ2) is 7.64. The normalized spacial score (nSPS) is 17.5. The number of H-pyrrole nitrogens is 1. The van der Waals surface area contributed by atoms with E-state index in [2.05, 4.69) is 10.3 Å². The van der Waals surface area contributed by atoms with Crippen LogP contribution >= 0.6 is 11.6 Å². The smallest absolute Gasteiger partial charge is 0.224 e. The highest BCUT2D eigenvalue weighted by Crippen LogP contribution is 2.24. The fourth-order valence-electron chi connectivity index (χ4n) is 2.86. The molecule has 0 unspecified atom stereocenters. The SMILES string of the molecule is O=C(C[C@@H]1CCCOC1)Nc1ccc(Cl)cc1C(=O)c1ccc[nH]1. The maximum absolute atomic E-state index is 12.6. The molecule has 1 atom stereocenters. The summed E-state index contributed by atoms with van der Waals surface area (Å²) in [6.07, 6.45) is 4.04. The Bertz CT molecular complexity index is 722. The molecule has 0 bridgehead atoms. The minimum Gasteiger partial charge on any atom is -0.381 e. The highest BCUT2D eigenvalue weighted by Gasteiger charge is 2.20. The summed E-state index contributed by atoms with van der Waals surface area (Å²) in [5.41, 5.74) is 1.30. The number of carbonyl (C=O) groups excluding carboxylic acids is 2. The Balaban J connectivity index is 1.75. The lowest BCUT2D eigenvalue weighted by molar-refractivity contribution is -0.118. The summed E-state index contributed by atoms with van der Waals surface area (Å²) in [5.74, 6) is -0.0965. The van der Waals surface area contributed by atoms with Gasteiger partial charge in [-0.3, -0.25) is 9.59 Å². The summed E-state index contributed by atoms with van der Waals surface area (Å²) in [4.78, 5) is 27.8. The molecule has 24 heavy (non-hydrogen) atoms. The molecule has 3 rings (SSSR count). The number of ether oxygens (including phenoxy) is 1. The van der Waals surface area contributed by atoms with Crippen LogP contribution in [-0.2, 0) is 9.53 Å². The van der Waals surface area contributed by atoms with Gasteiger partial charge < -0.3 is 15.0 Å². The predicted molar refractivity (Wildman–Crippen MR) is 92.5 cm³/mol. The third kappa shape index (κ3) is 4.04. The van der Waals surface area contributed by atoms with E-state index >= 15 is 0 Å². The molecule has 0 aliphatic carbocycles. The third-order valence-electron chi connectivity index (χ3n) is 4.07. The van der Waals surface area contributed by atoms with Crippen molar-refractivity contribution in [2.75, 3.05) is 18.5 Å². The van der Waals surface area contributed by atoms with Crippen LogP contribution in [0, 0.1) is 5.92 Å². The lowest BCUT2D eigenvalue weighted by atomic mass is 9.98. The molecule has 6 heteroatoms. The third-order valence-corrected chi connectivity index (χ3v) is 4.31. The van der Waals surface area contributed by atoms with Crippen LogP contribution in [0.5, 0.6) is 0 Å². The first-order chi connectivity index (χ1) is 11.6. The highest BCUT2D eigenvalue weighted by atomic mass is 35.5. The lowest BCUT2D eigenvalue weighted by Crippen LogP contribution is -2.24. The molecule has 1 aliphatic rings. The number of carbonyl (C=O) groups is 2. The molecule has 126 valence electrons. The molecule has 1 saturated heterocycles. The van der Waals surface area contributed by atoms with Gasteiger partial charge in [-0.05, 0) is 49.1 Å². The molecule has 0 saturated carbocycles. The van der Waals surface area contributed by atoms with Crippen LogP contribution in [0.25, 0.3) is 0 Å². The van der Waals surface area contributed by atoms with Gasteiger partial charge in [-0.15, -0.1) is 0 Å². The van der Waals surface area contributed by atoms with Gasteiger partial charge in [0.2, 0.25) is 11.7 Å². The number of nitrogens with one attached hydrogen (secondary N) is 2. The van der Waals surface area contributed by atoms with E-state index in [1.807, 2.05) is 0 Å². The minimum atomic E-state index is -0.209. The van der Waals surface area contributed by atoms with Crippen molar-refractivity contribution in [1.29, 1.82) is 0 Å². The van der Waals surface area contributed by atoms with Gasteiger partial charge in [0.1, 0.15) is 0 Å². The van der Waals surface area contributed by atoms with Gasteiger partial charge in [-0.25, -0.2) is 0 Å². The van der Waals surface area contributed by atoms with Gasteiger partial charge in [0.25, 0.3) is 0 Å². The second-order valence-corrected chi connectivity index (χ2v) is 6.37.